The van der Waals surface area contributed by atoms with Gasteiger partial charge in [-0.25, -0.2) is 0 Å². The van der Waals surface area contributed by atoms with E-state index >= 15 is 0 Å². The van der Waals surface area contributed by atoms with Gasteiger partial charge < -0.3 is 9.47 Å². The van der Waals surface area contributed by atoms with E-state index in [4.69, 9.17) is 9.47 Å². The molecule has 0 amide bonds. The highest BCUT2D eigenvalue weighted by Crippen LogP contribution is 2.60. The first-order valence-electron chi connectivity index (χ1n) is 13.8. The molecule has 4 heterocycles. The first kappa shape index (κ1) is 29.8. The molecule has 2 aliphatic heterocycles. The quantitative estimate of drug-likeness (QED) is 0.341. The van der Waals surface area contributed by atoms with Crippen LogP contribution in [-0.4, -0.2) is 102 Å². The summed E-state index contributed by atoms with van der Waals surface area (Å²) in [6.07, 6.45) is 3.28. The molecule has 4 rings (SSSR count). The number of pyridine rings is 2. The topological polar surface area (TPSA) is 105 Å². The number of ether oxygens (including phenoxy) is 2. The van der Waals surface area contributed by atoms with Gasteiger partial charge in [-0.1, -0.05) is 12.1 Å². The van der Waals surface area contributed by atoms with Gasteiger partial charge in [0.15, 0.2) is 16.6 Å². The van der Waals surface area contributed by atoms with E-state index in [-0.39, 0.29) is 13.1 Å². The smallest absolute Gasteiger partial charge is 0.322 e. The van der Waals surface area contributed by atoms with Crippen LogP contribution in [0.5, 0.6) is 0 Å². The second-order valence-corrected chi connectivity index (χ2v) is 11.4. The molecule has 2 saturated heterocycles. The largest absolute Gasteiger partial charge is 0.468 e. The molecule has 0 aromatic carbocycles. The lowest BCUT2D eigenvalue weighted by Crippen LogP contribution is -2.75. The number of hydrogen-bond donors (Lipinski definition) is 0. The van der Waals surface area contributed by atoms with Crippen molar-refractivity contribution >= 4 is 17.7 Å². The zero-order valence-corrected chi connectivity index (χ0v) is 24.5. The Balaban J connectivity index is 1.97. The van der Waals surface area contributed by atoms with Crippen LogP contribution in [0.15, 0.2) is 48.8 Å². The minimum Gasteiger partial charge on any atom is -0.468 e. The van der Waals surface area contributed by atoms with Gasteiger partial charge in [0, 0.05) is 50.7 Å². The third kappa shape index (κ3) is 4.71. The second kappa shape index (κ2) is 11.7. The summed E-state index contributed by atoms with van der Waals surface area (Å²) < 4.78 is 10.7. The van der Waals surface area contributed by atoms with Crippen LogP contribution in [0.4, 0.5) is 0 Å². The molecular weight excluding hydrogens is 510 g/mol. The van der Waals surface area contributed by atoms with Crippen molar-refractivity contribution < 1.29 is 23.9 Å². The normalized spacial score (nSPS) is 27.3. The molecule has 2 bridgehead atoms. The number of methoxy groups -OCH3 is 2. The summed E-state index contributed by atoms with van der Waals surface area (Å²) in [5, 5.41) is 0. The number of ketones is 1. The highest BCUT2D eigenvalue weighted by atomic mass is 16.5. The lowest BCUT2D eigenvalue weighted by Gasteiger charge is -2.60. The van der Waals surface area contributed by atoms with Gasteiger partial charge >= 0.3 is 11.9 Å². The van der Waals surface area contributed by atoms with Gasteiger partial charge in [-0.15, -0.1) is 0 Å². The standard InChI is InChI=1S/C30H41N5O5/c1-20(2)35(21(3)4)17-16-34-18-29(27(37)39-6)24(22-12-8-10-14-31-22)33(5)25(23-13-9-11-15-32-23)30(19-34,26(29)36)28(38)40-7/h8-15,20-21,24-25H,16-19H2,1-7H3/t24-,25+,29?,30?. The fourth-order valence-corrected chi connectivity index (χ4v) is 7.00. The predicted molar refractivity (Wildman–Crippen MR) is 149 cm³/mol. The number of piperidine rings is 2. The number of nitrogens with zero attached hydrogens (tertiary/aromatic N) is 5. The maximum Gasteiger partial charge on any atom is 0.322 e. The molecule has 0 aliphatic carbocycles. The van der Waals surface area contributed by atoms with Gasteiger partial charge in [0.05, 0.1) is 37.7 Å². The summed E-state index contributed by atoms with van der Waals surface area (Å²) in [6.45, 7) is 9.97. The molecule has 0 spiro atoms. The average Bonchev–Trinajstić information content (AvgIpc) is 2.94. The Morgan fingerprint density at radius 3 is 1.70 bits per heavy atom. The van der Waals surface area contributed by atoms with Crippen molar-refractivity contribution in [3.8, 4) is 0 Å². The van der Waals surface area contributed by atoms with E-state index in [1.54, 1.807) is 36.7 Å². The van der Waals surface area contributed by atoms with Crippen LogP contribution in [0.1, 0.15) is 51.2 Å². The first-order valence-corrected chi connectivity index (χ1v) is 13.8. The summed E-state index contributed by atoms with van der Waals surface area (Å²) >= 11 is 0. The lowest BCUT2D eigenvalue weighted by molar-refractivity contribution is -0.204. The highest BCUT2D eigenvalue weighted by molar-refractivity contribution is 6.17. The molecule has 216 valence electrons. The molecule has 2 aromatic heterocycles. The van der Waals surface area contributed by atoms with Gasteiger partial charge in [-0.05, 0) is 59.0 Å². The molecule has 2 unspecified atom stereocenters. The predicted octanol–water partition coefficient (Wildman–Crippen LogP) is 2.53. The van der Waals surface area contributed by atoms with Crippen molar-refractivity contribution in [3.05, 3.63) is 60.2 Å². The van der Waals surface area contributed by atoms with E-state index < -0.39 is 40.6 Å². The van der Waals surface area contributed by atoms with Crippen LogP contribution in [0.2, 0.25) is 0 Å². The molecule has 10 nitrogen and oxygen atoms in total. The number of fused-ring (bicyclic) bond motifs is 2. The van der Waals surface area contributed by atoms with Gasteiger partial charge in [0.25, 0.3) is 0 Å². The van der Waals surface area contributed by atoms with E-state index in [1.165, 1.54) is 14.2 Å². The molecule has 10 heteroatoms. The molecule has 0 N–H and O–H groups in total. The van der Waals surface area contributed by atoms with Gasteiger partial charge in [0.1, 0.15) is 0 Å². The van der Waals surface area contributed by atoms with Crippen LogP contribution in [-0.2, 0) is 23.9 Å². The SMILES string of the molecule is COC(=O)C12CN(CCN(C(C)C)C(C)C)CC(C(=O)OC)(C1=O)[C@@H](c1ccccn1)N(C)[C@H]2c1ccccn1. The molecule has 4 atom stereocenters. The number of hydrogen-bond acceptors (Lipinski definition) is 10. The Morgan fingerprint density at radius 1 is 0.900 bits per heavy atom. The zero-order valence-electron chi connectivity index (χ0n) is 24.5. The van der Waals surface area contributed by atoms with E-state index in [9.17, 15) is 14.4 Å². The summed E-state index contributed by atoms with van der Waals surface area (Å²) in [6, 6.07) is 9.80. The number of rotatable bonds is 9. The van der Waals surface area contributed by atoms with E-state index in [0.717, 1.165) is 0 Å². The van der Waals surface area contributed by atoms with Crippen molar-refractivity contribution in [1.82, 2.24) is 24.7 Å². The molecule has 2 aliphatic rings. The van der Waals surface area contributed by atoms with Gasteiger partial charge in [-0.3, -0.25) is 39.1 Å². The zero-order chi connectivity index (χ0) is 29.2. The summed E-state index contributed by atoms with van der Waals surface area (Å²) in [5.74, 6) is -1.90. The van der Waals surface area contributed by atoms with Crippen molar-refractivity contribution in [2.24, 2.45) is 10.8 Å². The maximum atomic E-state index is 14.9. The number of aromatic nitrogens is 2. The Kier molecular flexibility index (Phi) is 8.72. The number of esters is 2. The number of likely N-dealkylation sites (tertiary alicyclic amines) is 2. The average molecular weight is 552 g/mol. The third-order valence-corrected chi connectivity index (χ3v) is 8.54. The van der Waals surface area contributed by atoms with E-state index in [0.29, 0.717) is 36.6 Å². The minimum atomic E-state index is -1.73. The van der Waals surface area contributed by atoms with Crippen molar-refractivity contribution in [2.45, 2.75) is 51.9 Å². The van der Waals surface area contributed by atoms with Crippen molar-refractivity contribution in [3.63, 3.8) is 0 Å². The highest BCUT2D eigenvalue weighted by Gasteiger charge is 2.75. The molecule has 0 saturated carbocycles. The Bertz CT molecular complexity index is 1120. The van der Waals surface area contributed by atoms with Crippen molar-refractivity contribution in [2.75, 3.05) is 47.4 Å². The monoisotopic (exact) mass is 551 g/mol. The molecular formula is C30H41N5O5. The minimum absolute atomic E-state index is 0.0851. The van der Waals surface area contributed by atoms with Gasteiger partial charge in [-0.2, -0.15) is 0 Å². The number of Topliss-reactive ketones (excluding diaryl/α,β-unsaturated/α-hetero) is 1. The molecule has 2 aromatic rings. The van der Waals surface area contributed by atoms with Crippen LogP contribution in [0.25, 0.3) is 0 Å². The second-order valence-electron chi connectivity index (χ2n) is 11.4. The fraction of sp³-hybridized carbons (Fsp3) is 0.567. The maximum absolute atomic E-state index is 14.9. The molecule has 40 heavy (non-hydrogen) atoms. The van der Waals surface area contributed by atoms with Crippen LogP contribution >= 0.6 is 0 Å². The fourth-order valence-electron chi connectivity index (χ4n) is 7.00. The van der Waals surface area contributed by atoms with E-state index in [1.807, 2.05) is 29.0 Å². The van der Waals surface area contributed by atoms with Gasteiger partial charge in [0.2, 0.25) is 0 Å². The molecule has 2 fully saturated rings. The van der Waals surface area contributed by atoms with Crippen LogP contribution in [0.3, 0.4) is 0 Å². The Morgan fingerprint density at radius 2 is 1.35 bits per heavy atom. The Hall–Kier alpha value is -3.21. The summed E-state index contributed by atoms with van der Waals surface area (Å²) in [5.41, 5.74) is -2.38. The van der Waals surface area contributed by atoms with E-state index in [2.05, 4.69) is 42.6 Å². The van der Waals surface area contributed by atoms with Crippen LogP contribution < -0.4 is 0 Å². The van der Waals surface area contributed by atoms with Crippen LogP contribution in [0, 0.1) is 10.8 Å². The number of carbonyl (C=O) groups is 3. The third-order valence-electron chi connectivity index (χ3n) is 8.54. The first-order chi connectivity index (χ1) is 19.1. The molecule has 0 radical (unpaired) electrons. The summed E-state index contributed by atoms with van der Waals surface area (Å²) in [4.78, 5) is 58.3. The summed E-state index contributed by atoms with van der Waals surface area (Å²) in [7, 11) is 4.38. The number of carbonyl (C=O) groups excluding carboxylic acids is 3. The Labute approximate surface area is 236 Å². The lowest BCUT2D eigenvalue weighted by atomic mass is 9.54. The van der Waals surface area contributed by atoms with Crippen molar-refractivity contribution in [1.29, 1.82) is 0 Å².